The van der Waals surface area contributed by atoms with Crippen LogP contribution in [0.15, 0.2) is 30.3 Å². The molecule has 122 valence electrons. The highest BCUT2D eigenvalue weighted by Crippen LogP contribution is 2.26. The molecule has 0 unspecified atom stereocenters. The minimum absolute atomic E-state index is 0.209. The van der Waals surface area contributed by atoms with Gasteiger partial charge < -0.3 is 9.47 Å². The van der Waals surface area contributed by atoms with E-state index in [1.54, 1.807) is 24.3 Å². The van der Waals surface area contributed by atoms with E-state index < -0.39 is 11.0 Å². The van der Waals surface area contributed by atoms with Crippen molar-refractivity contribution in [3.63, 3.8) is 0 Å². The van der Waals surface area contributed by atoms with E-state index >= 15 is 0 Å². The van der Waals surface area contributed by atoms with Gasteiger partial charge in [-0.1, -0.05) is 25.1 Å². The van der Waals surface area contributed by atoms with Gasteiger partial charge in [-0.25, -0.2) is 4.79 Å². The van der Waals surface area contributed by atoms with Gasteiger partial charge in [-0.05, 0) is 46.2 Å². The molecule has 0 radical (unpaired) electrons. The molecule has 0 N–H and O–H groups in total. The summed E-state index contributed by atoms with van der Waals surface area (Å²) in [4.78, 5) is 23.9. The number of rotatable bonds is 7. The molecule has 0 bridgehead atoms. The van der Waals surface area contributed by atoms with Crippen molar-refractivity contribution in [3.8, 4) is 0 Å². The van der Waals surface area contributed by atoms with Crippen LogP contribution in [0, 0.1) is 5.41 Å². The predicted molar refractivity (Wildman–Crippen MR) is 85.6 cm³/mol. The molecule has 0 fully saturated rings. The number of benzene rings is 1. The highest BCUT2D eigenvalue weighted by Gasteiger charge is 2.32. The third-order valence-corrected chi connectivity index (χ3v) is 3.75. The summed E-state index contributed by atoms with van der Waals surface area (Å²) in [6.45, 7) is 9.54. The lowest BCUT2D eigenvalue weighted by molar-refractivity contribution is -0.168. The van der Waals surface area contributed by atoms with Crippen molar-refractivity contribution < 1.29 is 19.1 Å². The molecule has 0 heterocycles. The van der Waals surface area contributed by atoms with Gasteiger partial charge in [0.2, 0.25) is 0 Å². The minimum atomic E-state index is -0.666. The molecule has 0 aliphatic heterocycles. The van der Waals surface area contributed by atoms with E-state index in [1.165, 1.54) is 0 Å². The molecule has 0 spiro atoms. The van der Waals surface area contributed by atoms with Crippen molar-refractivity contribution in [2.75, 3.05) is 6.61 Å². The number of carbonyl (C=O) groups excluding carboxylic acids is 2. The maximum atomic E-state index is 12.1. The molecular formula is C18H26O4. The maximum Gasteiger partial charge on any atom is 0.338 e. The molecule has 0 aromatic heterocycles. The van der Waals surface area contributed by atoms with Crippen LogP contribution in [0.2, 0.25) is 0 Å². The van der Waals surface area contributed by atoms with E-state index in [4.69, 9.17) is 9.47 Å². The Morgan fingerprint density at radius 2 is 1.64 bits per heavy atom. The van der Waals surface area contributed by atoms with Gasteiger partial charge in [0, 0.05) is 6.42 Å². The van der Waals surface area contributed by atoms with E-state index in [0.29, 0.717) is 18.4 Å². The fourth-order valence-electron chi connectivity index (χ4n) is 1.63. The first-order valence-corrected chi connectivity index (χ1v) is 7.63. The van der Waals surface area contributed by atoms with E-state index in [1.807, 2.05) is 40.7 Å². The van der Waals surface area contributed by atoms with E-state index in [2.05, 4.69) is 0 Å². The van der Waals surface area contributed by atoms with Crippen LogP contribution < -0.4 is 0 Å². The third kappa shape index (κ3) is 5.51. The Hall–Kier alpha value is -1.84. The van der Waals surface area contributed by atoms with Gasteiger partial charge in [-0.15, -0.1) is 0 Å². The number of carbonyl (C=O) groups is 2. The Morgan fingerprint density at radius 1 is 1.05 bits per heavy atom. The predicted octanol–water partition coefficient (Wildman–Crippen LogP) is 3.99. The van der Waals surface area contributed by atoms with E-state index in [-0.39, 0.29) is 18.5 Å². The van der Waals surface area contributed by atoms with Crippen LogP contribution in [-0.2, 0) is 14.3 Å². The summed E-state index contributed by atoms with van der Waals surface area (Å²) in [6, 6.07) is 8.83. The largest absolute Gasteiger partial charge is 0.462 e. The van der Waals surface area contributed by atoms with Crippen LogP contribution in [0.5, 0.6) is 0 Å². The first kappa shape index (κ1) is 18.2. The molecule has 0 saturated carbocycles. The second-order valence-corrected chi connectivity index (χ2v) is 6.64. The molecule has 1 rings (SSSR count). The lowest BCUT2D eigenvalue weighted by atomic mass is 9.90. The van der Waals surface area contributed by atoms with Crippen LogP contribution in [0.25, 0.3) is 0 Å². The fourth-order valence-corrected chi connectivity index (χ4v) is 1.63. The normalized spacial score (nSPS) is 11.9. The summed E-state index contributed by atoms with van der Waals surface area (Å²) in [5, 5.41) is 0. The molecular weight excluding hydrogens is 280 g/mol. The Kier molecular flexibility index (Phi) is 6.15. The van der Waals surface area contributed by atoms with Crippen molar-refractivity contribution in [2.45, 2.75) is 53.1 Å². The Bertz CT molecular complexity index is 503. The van der Waals surface area contributed by atoms with E-state index in [0.717, 1.165) is 0 Å². The molecule has 0 atom stereocenters. The first-order chi connectivity index (χ1) is 10.2. The highest BCUT2D eigenvalue weighted by atomic mass is 16.6. The quantitative estimate of drug-likeness (QED) is 0.715. The molecule has 4 nitrogen and oxygen atoms in total. The SMILES string of the molecule is CCC(C)(C)C(=O)OC(C)(C)CCOC(=O)c1ccccc1. The summed E-state index contributed by atoms with van der Waals surface area (Å²) >= 11 is 0. The summed E-state index contributed by atoms with van der Waals surface area (Å²) < 4.78 is 10.8. The highest BCUT2D eigenvalue weighted by molar-refractivity contribution is 5.89. The Labute approximate surface area is 132 Å². The zero-order valence-corrected chi connectivity index (χ0v) is 14.1. The summed E-state index contributed by atoms with van der Waals surface area (Å²) in [6.07, 6.45) is 1.17. The monoisotopic (exact) mass is 306 g/mol. The topological polar surface area (TPSA) is 52.6 Å². The first-order valence-electron chi connectivity index (χ1n) is 7.63. The second-order valence-electron chi connectivity index (χ2n) is 6.64. The number of ether oxygens (including phenoxy) is 2. The van der Waals surface area contributed by atoms with Gasteiger partial charge in [0.1, 0.15) is 5.60 Å². The average molecular weight is 306 g/mol. The third-order valence-electron chi connectivity index (χ3n) is 3.75. The van der Waals surface area contributed by atoms with Crippen molar-refractivity contribution in [3.05, 3.63) is 35.9 Å². The smallest absolute Gasteiger partial charge is 0.338 e. The second kappa shape index (κ2) is 7.43. The van der Waals surface area contributed by atoms with Crippen molar-refractivity contribution >= 4 is 11.9 Å². The van der Waals surface area contributed by atoms with Gasteiger partial charge in [-0.2, -0.15) is 0 Å². The fraction of sp³-hybridized carbons (Fsp3) is 0.556. The van der Waals surface area contributed by atoms with Crippen LogP contribution in [0.3, 0.4) is 0 Å². The van der Waals surface area contributed by atoms with Crippen molar-refractivity contribution in [1.29, 1.82) is 0 Å². The zero-order chi connectivity index (χ0) is 16.8. The van der Waals surface area contributed by atoms with Crippen LogP contribution >= 0.6 is 0 Å². The lowest BCUT2D eigenvalue weighted by Crippen LogP contribution is -2.36. The molecule has 0 amide bonds. The number of hydrogen-bond acceptors (Lipinski definition) is 4. The van der Waals surface area contributed by atoms with E-state index in [9.17, 15) is 9.59 Å². The van der Waals surface area contributed by atoms with Crippen molar-refractivity contribution in [2.24, 2.45) is 5.41 Å². The molecule has 22 heavy (non-hydrogen) atoms. The van der Waals surface area contributed by atoms with Gasteiger partial charge in [0.25, 0.3) is 0 Å². The molecule has 1 aromatic rings. The van der Waals surface area contributed by atoms with Crippen LogP contribution in [0.4, 0.5) is 0 Å². The molecule has 0 aliphatic rings. The standard InChI is InChI=1S/C18H26O4/c1-6-17(2,3)16(20)22-18(4,5)12-13-21-15(19)14-10-8-7-9-11-14/h7-11H,6,12-13H2,1-5H3. The average Bonchev–Trinajstić information content (AvgIpc) is 2.47. The maximum absolute atomic E-state index is 12.1. The summed E-state index contributed by atoms with van der Waals surface area (Å²) in [7, 11) is 0. The zero-order valence-electron chi connectivity index (χ0n) is 14.1. The molecule has 1 aromatic carbocycles. The minimum Gasteiger partial charge on any atom is -0.462 e. The lowest BCUT2D eigenvalue weighted by Gasteiger charge is -2.30. The molecule has 4 heteroatoms. The van der Waals surface area contributed by atoms with Gasteiger partial charge in [0.15, 0.2) is 0 Å². The molecule has 0 saturated heterocycles. The van der Waals surface area contributed by atoms with Crippen molar-refractivity contribution in [1.82, 2.24) is 0 Å². The van der Waals surface area contributed by atoms with Gasteiger partial charge in [-0.3, -0.25) is 4.79 Å². The number of esters is 2. The Balaban J connectivity index is 2.46. The summed E-state index contributed by atoms with van der Waals surface area (Å²) in [5.41, 5.74) is -0.650. The summed E-state index contributed by atoms with van der Waals surface area (Å²) in [5.74, 6) is -0.592. The Morgan fingerprint density at radius 3 is 2.18 bits per heavy atom. The van der Waals surface area contributed by atoms with Crippen LogP contribution in [0.1, 0.15) is 57.8 Å². The van der Waals surface area contributed by atoms with Crippen LogP contribution in [-0.4, -0.2) is 24.1 Å². The molecule has 0 aliphatic carbocycles. The van der Waals surface area contributed by atoms with Gasteiger partial charge in [0.05, 0.1) is 17.6 Å². The number of hydrogen-bond donors (Lipinski definition) is 0. The van der Waals surface area contributed by atoms with Gasteiger partial charge >= 0.3 is 11.9 Å².